The number of carbonyl (C=O) groups is 1. The van der Waals surface area contributed by atoms with E-state index in [1.165, 1.54) is 6.42 Å². The van der Waals surface area contributed by atoms with E-state index in [1.54, 1.807) is 0 Å². The molecule has 6 heteroatoms. The van der Waals surface area contributed by atoms with Crippen molar-refractivity contribution in [2.24, 2.45) is 5.92 Å². The molecule has 20 heavy (non-hydrogen) atoms. The van der Waals surface area contributed by atoms with Crippen molar-refractivity contribution in [3.05, 3.63) is 30.0 Å². The third kappa shape index (κ3) is 18.6. The summed E-state index contributed by atoms with van der Waals surface area (Å²) >= 11 is 0. The minimum Gasteiger partial charge on any atom is -1.00 e. The molecule has 0 aromatic heterocycles. The average Bonchev–Trinajstić information content (AvgIpc) is 2.90. The van der Waals surface area contributed by atoms with Gasteiger partial charge in [-0.1, -0.05) is 32.4 Å². The van der Waals surface area contributed by atoms with Crippen LogP contribution in [-0.2, 0) is 31.0 Å². The van der Waals surface area contributed by atoms with Gasteiger partial charge in [-0.05, 0) is 12.8 Å². The largest absolute Gasteiger partial charge is 4.00 e. The monoisotopic (exact) mass is 410 g/mol. The van der Waals surface area contributed by atoms with Gasteiger partial charge in [0.1, 0.15) is 0 Å². The van der Waals surface area contributed by atoms with Gasteiger partial charge in [0.25, 0.3) is 0 Å². The van der Waals surface area contributed by atoms with Crippen LogP contribution in [0.15, 0.2) is 18.2 Å². The quantitative estimate of drug-likeness (QED) is 0.362. The van der Waals surface area contributed by atoms with E-state index in [-0.39, 0.29) is 62.8 Å². The zero-order valence-corrected chi connectivity index (χ0v) is 17.4. The number of nitrogens with one attached hydrogen (secondary N) is 1. The number of allylic oxidation sites excluding steroid dienone is 4. The molecule has 1 fully saturated rings. The summed E-state index contributed by atoms with van der Waals surface area (Å²) in [5, 5.41) is 0. The summed E-state index contributed by atoms with van der Waals surface area (Å²) in [6.07, 6.45) is 15.5. The second-order valence-corrected chi connectivity index (χ2v) is 5.43. The Balaban J connectivity index is -0.000000102. The molecule has 2 nitrogen and oxygen atoms in total. The molecule has 0 aromatic carbocycles. The molecule has 1 radical (unpaired) electrons. The van der Waals surface area contributed by atoms with Crippen molar-refractivity contribution < 1.29 is 55.8 Å². The van der Waals surface area contributed by atoms with Crippen LogP contribution in [0.4, 0.5) is 0 Å². The van der Waals surface area contributed by atoms with Gasteiger partial charge in [-0.2, -0.15) is 6.08 Å². The van der Waals surface area contributed by atoms with Gasteiger partial charge >= 0.3 is 26.2 Å². The van der Waals surface area contributed by atoms with Crippen LogP contribution in [0, 0.1) is 12.0 Å². The molecule has 0 spiro atoms. The normalized spacial score (nSPS) is 15.1. The Hall–Kier alpha value is 0.630. The van der Waals surface area contributed by atoms with Gasteiger partial charge in [0.05, 0.1) is 5.91 Å². The van der Waals surface area contributed by atoms with Crippen LogP contribution >= 0.6 is 0 Å². The first-order chi connectivity index (χ1) is 8.22. The van der Waals surface area contributed by atoms with Gasteiger partial charge in [-0.25, -0.2) is 12.2 Å². The number of hydrogen-bond acceptors (Lipinski definition) is 1. The molecular weight excluding hydrogens is 388 g/mol. The summed E-state index contributed by atoms with van der Waals surface area (Å²) in [5.41, 5.74) is 6.83. The van der Waals surface area contributed by atoms with E-state index < -0.39 is 0 Å². The molecule has 2 rings (SSSR count). The fourth-order valence-electron chi connectivity index (χ4n) is 1.70. The third-order valence-corrected chi connectivity index (χ3v) is 2.56. The Morgan fingerprint density at radius 3 is 1.90 bits per heavy atom. The molecule has 0 heterocycles. The zero-order chi connectivity index (χ0) is 12.9. The van der Waals surface area contributed by atoms with Gasteiger partial charge in [0, 0.05) is 15.4 Å². The van der Waals surface area contributed by atoms with Crippen LogP contribution in [0.1, 0.15) is 38.5 Å². The summed E-state index contributed by atoms with van der Waals surface area (Å²) < 4.78 is 0. The molecule has 0 unspecified atom stereocenters. The third-order valence-electron chi connectivity index (χ3n) is 2.56. The van der Waals surface area contributed by atoms with Crippen molar-refractivity contribution in [3.8, 4) is 0 Å². The van der Waals surface area contributed by atoms with Crippen LogP contribution < -0.4 is 24.8 Å². The van der Waals surface area contributed by atoms with Gasteiger partial charge in [-0.3, -0.25) is 6.08 Å². The smallest absolute Gasteiger partial charge is 1.00 e. The maximum Gasteiger partial charge on any atom is 4.00 e. The molecule has 0 bridgehead atoms. The Kier molecular flexibility index (Phi) is 31.5. The van der Waals surface area contributed by atoms with E-state index in [4.69, 9.17) is 5.73 Å². The minimum atomic E-state index is -0.352. The van der Waals surface area contributed by atoms with Crippen molar-refractivity contribution in [3.63, 3.8) is 0 Å². The maximum absolute atomic E-state index is 10.5. The molecule has 113 valence electrons. The van der Waals surface area contributed by atoms with E-state index in [0.29, 0.717) is 0 Å². The molecule has 2 aliphatic rings. The Bertz CT molecular complexity index is 248. The molecule has 0 atom stereocenters. The zero-order valence-electron chi connectivity index (χ0n) is 12.3. The Morgan fingerprint density at radius 2 is 1.70 bits per heavy atom. The van der Waals surface area contributed by atoms with Crippen molar-refractivity contribution in [1.82, 2.24) is 0 Å². The molecule has 2 aliphatic carbocycles. The molecule has 1 amide bonds. The number of rotatable bonds is 1. The molecule has 0 aromatic rings. The van der Waals surface area contributed by atoms with Crippen LogP contribution in [0.25, 0.3) is 5.73 Å². The van der Waals surface area contributed by atoms with E-state index in [1.807, 2.05) is 12.2 Å². The maximum atomic E-state index is 10.5. The second-order valence-electron chi connectivity index (χ2n) is 4.28. The Morgan fingerprint density at radius 1 is 1.20 bits per heavy atom. The van der Waals surface area contributed by atoms with Crippen LogP contribution in [0.5, 0.6) is 0 Å². The van der Waals surface area contributed by atoms with E-state index >= 15 is 0 Å². The standard InChI is InChI=1S/C7H13NO.C5H5.C2H7Si.2ClH.Zr/c8-7(9)6-4-2-1-3-5-6;1-2-4-5-3-1;1-3-2;;;/h6H,1-5H2,(H2,8,9);1-3H,4H2;3H,1-2H3;2*1H;/q;-1;;;;+4/p-3. The number of hydrogen-bond donors (Lipinski definition) is 0. The van der Waals surface area contributed by atoms with E-state index in [9.17, 15) is 4.79 Å². The fourth-order valence-corrected chi connectivity index (χ4v) is 1.70. The van der Waals surface area contributed by atoms with Crippen molar-refractivity contribution in [2.75, 3.05) is 0 Å². The summed E-state index contributed by atoms with van der Waals surface area (Å²) in [7, 11) is 0.750. The SMILES string of the molecule is C[SiH]C.[C-]1=CC=CC1.[Cl-].[Cl-].[NH-]C(=O)C1CCCCC1.[Zr+4]. The summed E-state index contributed by atoms with van der Waals surface area (Å²) in [4.78, 5) is 10.5. The van der Waals surface area contributed by atoms with Gasteiger partial charge < -0.3 is 35.3 Å². The number of carbonyl (C=O) groups excluding carboxylic acids is 1. The van der Waals surface area contributed by atoms with Crippen LogP contribution in [-0.4, -0.2) is 15.4 Å². The average molecular weight is 413 g/mol. The molecule has 0 saturated heterocycles. The summed E-state index contributed by atoms with van der Waals surface area (Å²) in [6, 6.07) is 0. The minimum absolute atomic E-state index is 0. The summed E-state index contributed by atoms with van der Waals surface area (Å²) in [6.45, 7) is 4.42. The number of halogens is 2. The first-order valence-corrected chi connectivity index (χ1v) is 8.74. The first-order valence-electron chi connectivity index (χ1n) is 6.43. The molecule has 1 N–H and O–H groups in total. The van der Waals surface area contributed by atoms with Gasteiger partial charge in [0.15, 0.2) is 0 Å². The van der Waals surface area contributed by atoms with Crippen molar-refractivity contribution >= 4 is 15.4 Å². The predicted octanol–water partition coefficient (Wildman–Crippen LogP) is -2.02. The summed E-state index contributed by atoms with van der Waals surface area (Å²) in [5.74, 6) is -0.270. The van der Waals surface area contributed by atoms with Gasteiger partial charge in [-0.15, -0.1) is 6.42 Å². The number of amides is 1. The van der Waals surface area contributed by atoms with Crippen LogP contribution in [0.3, 0.4) is 0 Å². The van der Waals surface area contributed by atoms with E-state index in [2.05, 4.69) is 25.2 Å². The first kappa shape index (κ1) is 28.7. The van der Waals surface area contributed by atoms with Crippen LogP contribution in [0.2, 0.25) is 13.1 Å². The molecule has 0 aliphatic heterocycles. The fraction of sp³-hybridized carbons (Fsp3) is 0.643. The van der Waals surface area contributed by atoms with E-state index in [0.717, 1.165) is 41.6 Å². The Labute approximate surface area is 158 Å². The molecular formula is C14H24Cl2NOSiZr. The molecule has 1 saturated carbocycles. The second kappa shape index (κ2) is 21.9. The predicted molar refractivity (Wildman–Crippen MR) is 76.4 cm³/mol. The topological polar surface area (TPSA) is 40.9 Å². The van der Waals surface area contributed by atoms with Crippen molar-refractivity contribution in [2.45, 2.75) is 51.6 Å². The van der Waals surface area contributed by atoms with Crippen molar-refractivity contribution in [1.29, 1.82) is 0 Å². The van der Waals surface area contributed by atoms with Gasteiger partial charge in [0.2, 0.25) is 0 Å².